The maximum atomic E-state index is 12.9. The Kier molecular flexibility index (Phi) is 11.5. The third kappa shape index (κ3) is 8.45. The molecule has 3 aromatic rings. The third-order valence-corrected chi connectivity index (χ3v) is 6.37. The molecule has 41 heavy (non-hydrogen) atoms. The van der Waals surface area contributed by atoms with Crippen LogP contribution in [0.2, 0.25) is 0 Å². The van der Waals surface area contributed by atoms with Crippen molar-refractivity contribution in [2.45, 2.75) is 12.8 Å². The summed E-state index contributed by atoms with van der Waals surface area (Å²) in [6.45, 7) is 0.338. The minimum Gasteiger partial charge on any atom is -0.493 e. The van der Waals surface area contributed by atoms with Crippen LogP contribution in [0.25, 0.3) is 0 Å². The van der Waals surface area contributed by atoms with Crippen LogP contribution in [0.1, 0.15) is 39.1 Å². The molecule has 0 aliphatic rings. The molecule has 0 bridgehead atoms. The molecule has 0 aromatic heterocycles. The van der Waals surface area contributed by atoms with Crippen LogP contribution in [0.15, 0.2) is 64.2 Å². The second-order valence-corrected chi connectivity index (χ2v) is 9.20. The Morgan fingerprint density at radius 1 is 0.854 bits per heavy atom. The molecule has 2 N–H and O–H groups in total. The van der Waals surface area contributed by atoms with Gasteiger partial charge in [-0.25, -0.2) is 10.2 Å². The Balaban J connectivity index is 1.53. The zero-order chi connectivity index (χ0) is 29.8. The van der Waals surface area contributed by atoms with Crippen LogP contribution in [0, 0.1) is 0 Å². The Labute approximate surface area is 245 Å². The van der Waals surface area contributed by atoms with Crippen LogP contribution < -0.4 is 34.4 Å². The maximum absolute atomic E-state index is 12.9. The summed E-state index contributed by atoms with van der Waals surface area (Å²) in [5.41, 5.74) is 3.75. The van der Waals surface area contributed by atoms with Crippen molar-refractivity contribution >= 4 is 39.9 Å². The number of rotatable bonds is 13. The van der Waals surface area contributed by atoms with Gasteiger partial charge in [0.15, 0.2) is 23.0 Å². The molecule has 12 heteroatoms. The van der Waals surface area contributed by atoms with Gasteiger partial charge in [-0.1, -0.05) is 12.1 Å². The van der Waals surface area contributed by atoms with Gasteiger partial charge in [-0.3, -0.25) is 9.59 Å². The molecule has 0 spiro atoms. The van der Waals surface area contributed by atoms with E-state index in [2.05, 4.69) is 31.8 Å². The monoisotopic (exact) mass is 627 g/mol. The largest absolute Gasteiger partial charge is 0.493 e. The van der Waals surface area contributed by atoms with Crippen LogP contribution >= 0.6 is 15.9 Å². The van der Waals surface area contributed by atoms with Gasteiger partial charge in [0, 0.05) is 17.4 Å². The average molecular weight is 628 g/mol. The zero-order valence-corrected chi connectivity index (χ0v) is 24.6. The second-order valence-electron chi connectivity index (χ2n) is 8.35. The molecule has 2 amide bonds. The van der Waals surface area contributed by atoms with E-state index >= 15 is 0 Å². The predicted molar refractivity (Wildman–Crippen MR) is 155 cm³/mol. The lowest BCUT2D eigenvalue weighted by atomic mass is 10.1. The smallest absolute Gasteiger partial charge is 0.343 e. The van der Waals surface area contributed by atoms with E-state index in [1.54, 1.807) is 36.4 Å². The molecule has 0 radical (unpaired) electrons. The number of amides is 2. The van der Waals surface area contributed by atoms with Crippen molar-refractivity contribution in [1.82, 2.24) is 10.7 Å². The Bertz CT molecular complexity index is 1400. The van der Waals surface area contributed by atoms with Gasteiger partial charge >= 0.3 is 5.97 Å². The summed E-state index contributed by atoms with van der Waals surface area (Å²) in [6, 6.07) is 14.9. The van der Waals surface area contributed by atoms with E-state index in [1.165, 1.54) is 46.8 Å². The van der Waals surface area contributed by atoms with Gasteiger partial charge in [0.25, 0.3) is 5.91 Å². The van der Waals surface area contributed by atoms with Crippen molar-refractivity contribution in [1.29, 1.82) is 0 Å². The first kappa shape index (κ1) is 31.0. The van der Waals surface area contributed by atoms with Gasteiger partial charge in [0.05, 0.1) is 45.8 Å². The molecule has 0 atom stereocenters. The lowest BCUT2D eigenvalue weighted by Crippen LogP contribution is -2.26. The summed E-state index contributed by atoms with van der Waals surface area (Å²) in [7, 11) is 5.80. The fourth-order valence-electron chi connectivity index (χ4n) is 3.63. The maximum Gasteiger partial charge on any atom is 0.343 e. The molecule has 0 unspecified atom stereocenters. The number of halogens is 1. The number of nitrogens with zero attached hydrogens (tertiary/aromatic N) is 1. The van der Waals surface area contributed by atoms with Crippen molar-refractivity contribution in [2.75, 3.05) is 35.0 Å². The highest BCUT2D eigenvalue weighted by atomic mass is 79.9. The normalized spacial score (nSPS) is 10.6. The first-order chi connectivity index (χ1) is 19.8. The van der Waals surface area contributed by atoms with E-state index in [0.717, 1.165) is 0 Å². The van der Waals surface area contributed by atoms with Crippen molar-refractivity contribution in [3.8, 4) is 28.7 Å². The summed E-state index contributed by atoms with van der Waals surface area (Å²) >= 11 is 3.34. The van der Waals surface area contributed by atoms with Gasteiger partial charge in [-0.05, 0) is 70.4 Å². The fraction of sp³-hybridized carbons (Fsp3) is 0.241. The van der Waals surface area contributed by atoms with Gasteiger partial charge in [-0.2, -0.15) is 5.10 Å². The standard InChI is InChI=1S/C29H30BrN3O8/c1-37-23-14-18(17-32-33-26(34)10-7-13-31-28(35)20-8-5-6-9-21(20)30)11-12-22(23)41-29(36)19-15-24(38-2)27(40-4)25(16-19)39-3/h5-6,8-9,11-12,14-17H,7,10,13H2,1-4H3,(H,31,35)(H,33,34)/b32-17+. The van der Waals surface area contributed by atoms with Crippen molar-refractivity contribution in [3.63, 3.8) is 0 Å². The minimum atomic E-state index is -0.663. The number of nitrogens with one attached hydrogen (secondary N) is 2. The van der Waals surface area contributed by atoms with E-state index in [4.69, 9.17) is 23.7 Å². The van der Waals surface area contributed by atoms with Crippen molar-refractivity contribution in [3.05, 3.63) is 75.8 Å². The van der Waals surface area contributed by atoms with E-state index in [-0.39, 0.29) is 35.3 Å². The highest BCUT2D eigenvalue weighted by molar-refractivity contribution is 9.10. The number of methoxy groups -OCH3 is 4. The summed E-state index contributed by atoms with van der Waals surface area (Å²) in [4.78, 5) is 37.2. The van der Waals surface area contributed by atoms with E-state index in [1.807, 2.05) is 6.07 Å². The molecule has 0 heterocycles. The molecule has 216 valence electrons. The molecule has 3 aromatic carbocycles. The number of benzene rings is 3. The van der Waals surface area contributed by atoms with Crippen molar-refractivity contribution < 1.29 is 38.1 Å². The molecule has 0 aliphatic heterocycles. The molecule has 0 fully saturated rings. The molecule has 0 saturated heterocycles. The average Bonchev–Trinajstić information content (AvgIpc) is 2.99. The summed E-state index contributed by atoms with van der Waals surface area (Å²) < 4.78 is 27.5. The lowest BCUT2D eigenvalue weighted by Gasteiger charge is -2.14. The number of ether oxygens (including phenoxy) is 5. The third-order valence-electron chi connectivity index (χ3n) is 5.68. The summed E-state index contributed by atoms with van der Waals surface area (Å²) in [5, 5.41) is 6.74. The first-order valence-electron chi connectivity index (χ1n) is 12.4. The predicted octanol–water partition coefficient (Wildman–Crippen LogP) is 4.36. The zero-order valence-electron chi connectivity index (χ0n) is 23.0. The van der Waals surface area contributed by atoms with Gasteiger partial charge in [0.1, 0.15) is 0 Å². The minimum absolute atomic E-state index is 0.173. The number of hydrogen-bond donors (Lipinski definition) is 2. The van der Waals surface area contributed by atoms with E-state index in [0.29, 0.717) is 45.8 Å². The lowest BCUT2D eigenvalue weighted by molar-refractivity contribution is -0.121. The molecular formula is C29H30BrN3O8. The van der Waals surface area contributed by atoms with Gasteiger partial charge in [0.2, 0.25) is 11.7 Å². The van der Waals surface area contributed by atoms with Gasteiger partial charge in [-0.15, -0.1) is 0 Å². The molecule has 0 aliphatic carbocycles. The van der Waals surface area contributed by atoms with E-state index < -0.39 is 5.97 Å². The Hall–Kier alpha value is -4.58. The van der Waals surface area contributed by atoms with Gasteiger partial charge < -0.3 is 29.0 Å². The quantitative estimate of drug-likeness (QED) is 0.0938. The van der Waals surface area contributed by atoms with Crippen molar-refractivity contribution in [2.24, 2.45) is 5.10 Å². The first-order valence-corrected chi connectivity index (χ1v) is 13.1. The number of carbonyl (C=O) groups excluding carboxylic acids is 3. The van der Waals surface area contributed by atoms with Crippen LogP contribution in [0.5, 0.6) is 28.7 Å². The topological polar surface area (TPSA) is 134 Å². The highest BCUT2D eigenvalue weighted by Gasteiger charge is 2.19. The summed E-state index contributed by atoms with van der Waals surface area (Å²) in [5.74, 6) is 0.238. The van der Waals surface area contributed by atoms with Crippen LogP contribution in [-0.2, 0) is 4.79 Å². The Morgan fingerprint density at radius 2 is 1.54 bits per heavy atom. The number of esters is 1. The molecular weight excluding hydrogens is 598 g/mol. The summed E-state index contributed by atoms with van der Waals surface area (Å²) in [6.07, 6.45) is 2.05. The SMILES string of the molecule is COc1cc(/C=N/NC(=O)CCCNC(=O)c2ccccc2Br)ccc1OC(=O)c1cc(OC)c(OC)c(OC)c1. The Morgan fingerprint density at radius 3 is 2.17 bits per heavy atom. The van der Waals surface area contributed by atoms with Crippen LogP contribution in [0.4, 0.5) is 0 Å². The number of hydrogen-bond acceptors (Lipinski definition) is 9. The van der Waals surface area contributed by atoms with E-state index in [9.17, 15) is 14.4 Å². The highest BCUT2D eigenvalue weighted by Crippen LogP contribution is 2.38. The molecule has 3 rings (SSSR count). The van der Waals surface area contributed by atoms with Crippen LogP contribution in [0.3, 0.4) is 0 Å². The molecule has 0 saturated carbocycles. The van der Waals surface area contributed by atoms with Crippen LogP contribution in [-0.4, -0.2) is 59.0 Å². The fourth-order valence-corrected chi connectivity index (χ4v) is 4.10. The second kappa shape index (κ2) is 15.3. The molecule has 11 nitrogen and oxygen atoms in total. The number of hydrazone groups is 1. The number of carbonyl (C=O) groups is 3.